The van der Waals surface area contributed by atoms with E-state index in [-0.39, 0.29) is 10.8 Å². The molecule has 0 atom stereocenters. The second kappa shape index (κ2) is 5.43. The van der Waals surface area contributed by atoms with Crippen LogP contribution >= 0.6 is 0 Å². The van der Waals surface area contributed by atoms with E-state index in [2.05, 4.69) is 63.1 Å². The lowest BCUT2D eigenvalue weighted by Gasteiger charge is -2.24. The molecule has 2 aromatic heterocycles. The molecule has 0 aliphatic heterocycles. The third kappa shape index (κ3) is 2.83. The highest BCUT2D eigenvalue weighted by atomic mass is 15.4. The Morgan fingerprint density at radius 1 is 1.00 bits per heavy atom. The number of aryl methyl sites for hydroxylation is 2. The van der Waals surface area contributed by atoms with E-state index >= 15 is 0 Å². The van der Waals surface area contributed by atoms with Crippen molar-refractivity contribution in [2.24, 2.45) is 14.1 Å². The minimum Gasteiger partial charge on any atom is -0.268 e. The summed E-state index contributed by atoms with van der Waals surface area (Å²) in [5.74, 6) is 0. The summed E-state index contributed by atoms with van der Waals surface area (Å²) < 4.78 is 3.86. The van der Waals surface area contributed by atoms with E-state index in [1.54, 1.807) is 0 Å². The lowest BCUT2D eigenvalue weighted by Crippen LogP contribution is -2.24. The maximum Gasteiger partial charge on any atom is 0.0756 e. The molecule has 0 bridgehead atoms. The number of hydrogen-bond donors (Lipinski definition) is 0. The lowest BCUT2D eigenvalue weighted by molar-refractivity contribution is 0.472. The zero-order chi connectivity index (χ0) is 17.7. The smallest absolute Gasteiger partial charge is 0.0756 e. The van der Waals surface area contributed by atoms with E-state index in [0.29, 0.717) is 0 Å². The van der Waals surface area contributed by atoms with Crippen molar-refractivity contribution in [2.45, 2.75) is 51.9 Å². The molecule has 0 fully saturated rings. The highest BCUT2D eigenvalue weighted by Gasteiger charge is 2.26. The van der Waals surface area contributed by atoms with Gasteiger partial charge in [0.25, 0.3) is 0 Å². The average molecular weight is 325 g/mol. The first-order valence-corrected chi connectivity index (χ1v) is 8.41. The van der Waals surface area contributed by atoms with Crippen LogP contribution in [0.4, 0.5) is 0 Å². The highest BCUT2D eigenvalue weighted by molar-refractivity contribution is 5.83. The van der Waals surface area contributed by atoms with Gasteiger partial charge in [0.2, 0.25) is 0 Å². The van der Waals surface area contributed by atoms with Gasteiger partial charge >= 0.3 is 0 Å². The van der Waals surface area contributed by atoms with Crippen LogP contribution in [0.3, 0.4) is 0 Å². The summed E-state index contributed by atoms with van der Waals surface area (Å²) in [6.45, 7) is 11.1. The molecule has 0 radical (unpaired) electrons. The van der Waals surface area contributed by atoms with E-state index in [9.17, 15) is 0 Å². The maximum absolute atomic E-state index is 4.76. The van der Waals surface area contributed by atoms with Gasteiger partial charge in [-0.1, -0.05) is 52.0 Å². The predicted octanol–water partition coefficient (Wildman–Crippen LogP) is 3.52. The summed E-state index contributed by atoms with van der Waals surface area (Å²) >= 11 is 0. The molecule has 0 spiro atoms. The second-order valence-corrected chi connectivity index (χ2v) is 8.38. The van der Waals surface area contributed by atoms with Crippen molar-refractivity contribution >= 4 is 10.9 Å². The summed E-state index contributed by atoms with van der Waals surface area (Å²) in [5, 5.41) is 14.1. The molecule has 0 saturated heterocycles. The molecule has 2 heterocycles. The van der Waals surface area contributed by atoms with Crippen LogP contribution in [-0.4, -0.2) is 24.8 Å². The Hall–Kier alpha value is -2.17. The summed E-state index contributed by atoms with van der Waals surface area (Å²) in [6, 6.07) is 6.71. The topological polar surface area (TPSA) is 48.5 Å². The van der Waals surface area contributed by atoms with Gasteiger partial charge in [-0.15, -0.1) is 5.10 Å². The van der Waals surface area contributed by atoms with Gasteiger partial charge in [-0.05, 0) is 18.1 Å². The molecule has 5 heteroatoms. The van der Waals surface area contributed by atoms with E-state index in [1.165, 1.54) is 16.5 Å². The quantitative estimate of drug-likeness (QED) is 0.740. The van der Waals surface area contributed by atoms with Crippen LogP contribution in [0.15, 0.2) is 24.4 Å². The fourth-order valence-corrected chi connectivity index (χ4v) is 3.47. The van der Waals surface area contributed by atoms with Gasteiger partial charge in [0.05, 0.1) is 23.1 Å². The molecule has 0 aliphatic carbocycles. The van der Waals surface area contributed by atoms with Gasteiger partial charge in [0.15, 0.2) is 0 Å². The molecule has 24 heavy (non-hydrogen) atoms. The first-order valence-electron chi connectivity index (χ1n) is 8.41. The maximum atomic E-state index is 4.76. The van der Waals surface area contributed by atoms with Crippen LogP contribution in [0.1, 0.15) is 51.6 Å². The van der Waals surface area contributed by atoms with E-state index in [1.807, 2.05) is 29.7 Å². The van der Waals surface area contributed by atoms with Crippen LogP contribution < -0.4 is 0 Å². The van der Waals surface area contributed by atoms with Gasteiger partial charge in [0, 0.05) is 30.3 Å². The van der Waals surface area contributed by atoms with Gasteiger partial charge < -0.3 is 0 Å². The Bertz CT molecular complexity index is 877. The number of fused-ring (bicyclic) bond motifs is 1. The normalized spacial score (nSPS) is 13.0. The number of aromatic nitrogens is 5. The van der Waals surface area contributed by atoms with Crippen molar-refractivity contribution in [1.29, 1.82) is 0 Å². The molecule has 0 N–H and O–H groups in total. The Morgan fingerprint density at radius 2 is 1.71 bits per heavy atom. The highest BCUT2D eigenvalue weighted by Crippen LogP contribution is 2.32. The van der Waals surface area contributed by atoms with Gasteiger partial charge in [0.1, 0.15) is 0 Å². The molecule has 3 rings (SSSR count). The summed E-state index contributed by atoms with van der Waals surface area (Å²) in [5.41, 5.74) is 4.80. The number of rotatable bonds is 3. The van der Waals surface area contributed by atoms with Crippen molar-refractivity contribution in [1.82, 2.24) is 24.8 Å². The van der Waals surface area contributed by atoms with E-state index < -0.39 is 0 Å². The van der Waals surface area contributed by atoms with E-state index in [0.717, 1.165) is 17.8 Å². The lowest BCUT2D eigenvalue weighted by atomic mass is 9.82. The van der Waals surface area contributed by atoms with Crippen LogP contribution in [0.5, 0.6) is 0 Å². The zero-order valence-electron chi connectivity index (χ0n) is 15.8. The predicted molar refractivity (Wildman–Crippen MR) is 97.1 cm³/mol. The van der Waals surface area contributed by atoms with Crippen LogP contribution in [-0.2, 0) is 31.3 Å². The first kappa shape index (κ1) is 16.7. The molecule has 3 aromatic rings. The van der Waals surface area contributed by atoms with Crippen molar-refractivity contribution in [2.75, 3.05) is 0 Å². The van der Waals surface area contributed by atoms with Crippen LogP contribution in [0, 0.1) is 0 Å². The van der Waals surface area contributed by atoms with Gasteiger partial charge in [-0.3, -0.25) is 9.36 Å². The van der Waals surface area contributed by atoms with Crippen LogP contribution in [0.25, 0.3) is 10.9 Å². The Labute approximate surface area is 143 Å². The number of benzene rings is 1. The molecular weight excluding hydrogens is 298 g/mol. The van der Waals surface area contributed by atoms with Crippen molar-refractivity contribution < 1.29 is 0 Å². The molecule has 128 valence electrons. The Morgan fingerprint density at radius 3 is 2.29 bits per heavy atom. The largest absolute Gasteiger partial charge is 0.268 e. The standard InChI is InChI=1S/C19H27N5/c1-18(2,3)17-14-9-8-13(10-15(14)23(6)21-17)11-19(4,5)16-12-20-22-24(16)7/h8-10,12H,11H2,1-7H3. The minimum atomic E-state index is -0.0304. The van der Waals surface area contributed by atoms with Crippen molar-refractivity contribution in [3.63, 3.8) is 0 Å². The molecule has 0 saturated carbocycles. The van der Waals surface area contributed by atoms with Crippen molar-refractivity contribution in [3.05, 3.63) is 41.3 Å². The number of nitrogens with zero attached hydrogens (tertiary/aromatic N) is 5. The third-order valence-electron chi connectivity index (χ3n) is 4.68. The SMILES string of the molecule is Cn1nncc1C(C)(C)Cc1ccc2c(C(C)(C)C)nn(C)c2c1. The third-order valence-corrected chi connectivity index (χ3v) is 4.68. The Balaban J connectivity index is 2.00. The van der Waals surface area contributed by atoms with Crippen LogP contribution in [0.2, 0.25) is 0 Å². The first-order chi connectivity index (χ1) is 11.1. The molecule has 0 aliphatic rings. The van der Waals surface area contributed by atoms with Gasteiger partial charge in [-0.25, -0.2) is 0 Å². The Kier molecular flexibility index (Phi) is 3.78. The fraction of sp³-hybridized carbons (Fsp3) is 0.526. The van der Waals surface area contributed by atoms with Crippen molar-refractivity contribution in [3.8, 4) is 0 Å². The fourth-order valence-electron chi connectivity index (χ4n) is 3.47. The molecule has 0 unspecified atom stereocenters. The summed E-state index contributed by atoms with van der Waals surface area (Å²) in [4.78, 5) is 0. The summed E-state index contributed by atoms with van der Waals surface area (Å²) in [6.07, 6.45) is 2.79. The molecule has 1 aromatic carbocycles. The number of hydrogen-bond acceptors (Lipinski definition) is 3. The zero-order valence-corrected chi connectivity index (χ0v) is 15.8. The summed E-state index contributed by atoms with van der Waals surface area (Å²) in [7, 11) is 3.97. The van der Waals surface area contributed by atoms with E-state index in [4.69, 9.17) is 5.10 Å². The molecule has 5 nitrogen and oxygen atoms in total. The molecule has 0 amide bonds. The second-order valence-electron chi connectivity index (χ2n) is 8.38. The monoisotopic (exact) mass is 325 g/mol. The minimum absolute atomic E-state index is 0.0304. The van der Waals surface area contributed by atoms with Gasteiger partial charge in [-0.2, -0.15) is 5.10 Å². The average Bonchev–Trinajstić information content (AvgIpc) is 3.03. The molecular formula is C19H27N5.